The van der Waals surface area contributed by atoms with Crippen LogP contribution in [0.25, 0.3) is 0 Å². The van der Waals surface area contributed by atoms with Crippen molar-refractivity contribution in [3.63, 3.8) is 0 Å². The van der Waals surface area contributed by atoms with E-state index >= 15 is 0 Å². The molecule has 0 aliphatic heterocycles. The molecule has 0 spiro atoms. The van der Waals surface area contributed by atoms with Crippen LogP contribution in [0, 0.1) is 26.7 Å². The van der Waals surface area contributed by atoms with Gasteiger partial charge in [0.1, 0.15) is 5.82 Å². The van der Waals surface area contributed by atoms with Crippen LogP contribution in [0.5, 0.6) is 0 Å². The molecular formula is C18H21N3O. The first-order chi connectivity index (χ1) is 10.5. The maximum atomic E-state index is 12.4. The number of amides is 1. The van der Waals surface area contributed by atoms with Crippen LogP contribution in [0.1, 0.15) is 33.9 Å². The number of nitrogens with zero attached hydrogens (tertiary/aromatic N) is 2. The molecule has 0 atom stereocenters. The van der Waals surface area contributed by atoms with Crippen molar-refractivity contribution in [2.45, 2.75) is 40.2 Å². The van der Waals surface area contributed by atoms with Gasteiger partial charge in [0.05, 0.1) is 0 Å². The molecule has 3 rings (SSSR count). The highest BCUT2D eigenvalue weighted by Crippen LogP contribution is 2.26. The number of rotatable bonds is 3. The van der Waals surface area contributed by atoms with Crippen LogP contribution in [0.3, 0.4) is 0 Å². The number of fused-ring (bicyclic) bond motifs is 1. The third kappa shape index (κ3) is 2.86. The Bertz CT molecular complexity index is 676. The lowest BCUT2D eigenvalue weighted by Gasteiger charge is -2.13. The Hall–Kier alpha value is -2.23. The van der Waals surface area contributed by atoms with E-state index in [0.29, 0.717) is 6.54 Å². The van der Waals surface area contributed by atoms with Gasteiger partial charge in [0.15, 0.2) is 0 Å². The monoisotopic (exact) mass is 295 g/mol. The van der Waals surface area contributed by atoms with Crippen molar-refractivity contribution in [2.75, 3.05) is 0 Å². The molecule has 0 radical (unpaired) electrons. The highest BCUT2D eigenvalue weighted by Gasteiger charge is 2.26. The normalized spacial score (nSPS) is 14.0. The number of hydrogen-bond acceptors (Lipinski definition) is 3. The van der Waals surface area contributed by atoms with Crippen LogP contribution in [0.4, 0.5) is 0 Å². The third-order valence-electron chi connectivity index (χ3n) is 4.39. The minimum Gasteiger partial charge on any atom is -0.352 e. The van der Waals surface area contributed by atoms with Crippen LogP contribution in [-0.2, 0) is 24.2 Å². The van der Waals surface area contributed by atoms with E-state index in [9.17, 15) is 4.79 Å². The Morgan fingerprint density at radius 1 is 1.09 bits per heavy atom. The van der Waals surface area contributed by atoms with E-state index in [1.807, 2.05) is 32.9 Å². The molecule has 0 fully saturated rings. The topological polar surface area (TPSA) is 54.9 Å². The lowest BCUT2D eigenvalue weighted by atomic mass is 10.1. The van der Waals surface area contributed by atoms with Crippen molar-refractivity contribution >= 4 is 5.91 Å². The van der Waals surface area contributed by atoms with Crippen LogP contribution in [0.15, 0.2) is 24.3 Å². The molecule has 114 valence electrons. The van der Waals surface area contributed by atoms with E-state index in [1.54, 1.807) is 0 Å². The fourth-order valence-electron chi connectivity index (χ4n) is 3.23. The fraction of sp³-hybridized carbons (Fsp3) is 0.389. The van der Waals surface area contributed by atoms with Crippen molar-refractivity contribution in [3.05, 3.63) is 58.2 Å². The van der Waals surface area contributed by atoms with E-state index < -0.39 is 0 Å². The summed E-state index contributed by atoms with van der Waals surface area (Å²) < 4.78 is 0. The maximum absolute atomic E-state index is 12.4. The molecular weight excluding hydrogens is 274 g/mol. The van der Waals surface area contributed by atoms with E-state index in [1.165, 1.54) is 11.1 Å². The molecule has 1 heterocycles. The van der Waals surface area contributed by atoms with Gasteiger partial charge in [-0.15, -0.1) is 0 Å². The maximum Gasteiger partial charge on any atom is 0.224 e. The van der Waals surface area contributed by atoms with Crippen LogP contribution in [0.2, 0.25) is 0 Å². The number of nitrogens with one attached hydrogen (secondary N) is 1. The lowest BCUT2D eigenvalue weighted by molar-refractivity contribution is -0.124. The molecule has 22 heavy (non-hydrogen) atoms. The summed E-state index contributed by atoms with van der Waals surface area (Å²) in [6.07, 6.45) is 1.68. The Kier molecular flexibility index (Phi) is 3.92. The summed E-state index contributed by atoms with van der Waals surface area (Å²) in [4.78, 5) is 21.2. The quantitative estimate of drug-likeness (QED) is 0.946. The largest absolute Gasteiger partial charge is 0.352 e. The zero-order valence-corrected chi connectivity index (χ0v) is 13.3. The standard InChI is InChI=1S/C18H21N3O/c1-11-17(12(2)21-13(3)20-11)10-19-18(22)16-8-14-6-4-5-7-15(14)9-16/h4-7,16H,8-10H2,1-3H3,(H,19,22). The zero-order valence-electron chi connectivity index (χ0n) is 13.3. The fourth-order valence-corrected chi connectivity index (χ4v) is 3.23. The molecule has 0 saturated heterocycles. The van der Waals surface area contributed by atoms with Gasteiger partial charge in [-0.3, -0.25) is 4.79 Å². The summed E-state index contributed by atoms with van der Waals surface area (Å²) in [6.45, 7) is 6.32. The Labute approximate surface area is 131 Å². The van der Waals surface area contributed by atoms with Gasteiger partial charge in [-0.05, 0) is 44.7 Å². The summed E-state index contributed by atoms with van der Waals surface area (Å²) in [5.74, 6) is 0.941. The van der Waals surface area contributed by atoms with Gasteiger partial charge in [0.25, 0.3) is 0 Å². The van der Waals surface area contributed by atoms with Crippen molar-refractivity contribution in [1.82, 2.24) is 15.3 Å². The second-order valence-electron chi connectivity index (χ2n) is 6.01. The molecule has 0 unspecified atom stereocenters. The first kappa shape index (κ1) is 14.7. The van der Waals surface area contributed by atoms with Gasteiger partial charge in [-0.25, -0.2) is 9.97 Å². The molecule has 0 bridgehead atoms. The average Bonchev–Trinajstić information content (AvgIpc) is 2.89. The molecule has 0 saturated carbocycles. The number of aromatic nitrogens is 2. The highest BCUT2D eigenvalue weighted by molar-refractivity contribution is 5.80. The number of benzene rings is 1. The molecule has 1 N–H and O–H groups in total. The molecule has 1 aromatic heterocycles. The molecule has 1 amide bonds. The van der Waals surface area contributed by atoms with Crippen LogP contribution >= 0.6 is 0 Å². The second kappa shape index (κ2) is 5.87. The van der Waals surface area contributed by atoms with Crippen molar-refractivity contribution in [2.24, 2.45) is 5.92 Å². The number of carbonyl (C=O) groups is 1. The van der Waals surface area contributed by atoms with E-state index in [2.05, 4.69) is 27.4 Å². The van der Waals surface area contributed by atoms with Crippen molar-refractivity contribution in [1.29, 1.82) is 0 Å². The molecule has 1 aliphatic carbocycles. The Morgan fingerprint density at radius 3 is 2.18 bits per heavy atom. The predicted octanol–water partition coefficient (Wildman–Crippen LogP) is 2.43. The van der Waals surface area contributed by atoms with E-state index in [0.717, 1.165) is 35.6 Å². The number of carbonyl (C=O) groups excluding carboxylic acids is 1. The summed E-state index contributed by atoms with van der Waals surface area (Å²) in [6, 6.07) is 8.31. The lowest BCUT2D eigenvalue weighted by Crippen LogP contribution is -2.31. The molecule has 4 nitrogen and oxygen atoms in total. The SMILES string of the molecule is Cc1nc(C)c(CNC(=O)C2Cc3ccccc3C2)c(C)n1. The van der Waals surface area contributed by atoms with Crippen molar-refractivity contribution < 1.29 is 4.79 Å². The van der Waals surface area contributed by atoms with Gasteiger partial charge in [-0.1, -0.05) is 24.3 Å². The summed E-state index contributed by atoms with van der Waals surface area (Å²) in [5.41, 5.74) is 5.51. The third-order valence-corrected chi connectivity index (χ3v) is 4.39. The minimum absolute atomic E-state index is 0.0457. The highest BCUT2D eigenvalue weighted by atomic mass is 16.1. The van der Waals surface area contributed by atoms with Gasteiger partial charge in [0.2, 0.25) is 5.91 Å². The van der Waals surface area contributed by atoms with Crippen LogP contribution < -0.4 is 5.32 Å². The smallest absolute Gasteiger partial charge is 0.224 e. The number of aryl methyl sites for hydroxylation is 3. The first-order valence-electron chi connectivity index (χ1n) is 7.70. The molecule has 1 aromatic carbocycles. The first-order valence-corrected chi connectivity index (χ1v) is 7.70. The molecule has 4 heteroatoms. The molecule has 2 aromatic rings. The molecule has 1 aliphatic rings. The van der Waals surface area contributed by atoms with Crippen LogP contribution in [-0.4, -0.2) is 15.9 Å². The second-order valence-corrected chi connectivity index (χ2v) is 6.01. The Morgan fingerprint density at radius 2 is 1.64 bits per heavy atom. The predicted molar refractivity (Wildman–Crippen MR) is 85.4 cm³/mol. The van der Waals surface area contributed by atoms with Gasteiger partial charge in [-0.2, -0.15) is 0 Å². The van der Waals surface area contributed by atoms with Gasteiger partial charge in [0, 0.05) is 29.4 Å². The Balaban J connectivity index is 1.65. The number of hydrogen-bond donors (Lipinski definition) is 1. The van der Waals surface area contributed by atoms with E-state index in [4.69, 9.17) is 0 Å². The summed E-state index contributed by atoms with van der Waals surface area (Å²) in [7, 11) is 0. The summed E-state index contributed by atoms with van der Waals surface area (Å²) >= 11 is 0. The van der Waals surface area contributed by atoms with Gasteiger partial charge >= 0.3 is 0 Å². The summed E-state index contributed by atoms with van der Waals surface area (Å²) in [5, 5.41) is 3.06. The minimum atomic E-state index is 0.0457. The van der Waals surface area contributed by atoms with Gasteiger partial charge < -0.3 is 5.32 Å². The van der Waals surface area contributed by atoms with E-state index in [-0.39, 0.29) is 11.8 Å². The van der Waals surface area contributed by atoms with Crippen molar-refractivity contribution in [3.8, 4) is 0 Å². The average molecular weight is 295 g/mol. The zero-order chi connectivity index (χ0) is 15.7.